The first-order chi connectivity index (χ1) is 10.9. The molecule has 1 amide bonds. The van der Waals surface area contributed by atoms with Crippen molar-refractivity contribution in [3.05, 3.63) is 46.5 Å². The molecule has 4 nitrogen and oxygen atoms in total. The first-order valence-corrected chi connectivity index (χ1v) is 7.81. The van der Waals surface area contributed by atoms with Crippen molar-refractivity contribution in [3.8, 4) is 0 Å². The summed E-state index contributed by atoms with van der Waals surface area (Å²) in [6.07, 6.45) is -1.55. The van der Waals surface area contributed by atoms with E-state index >= 15 is 0 Å². The number of halogens is 3. The molecule has 2 aromatic rings. The van der Waals surface area contributed by atoms with Crippen LogP contribution in [-0.4, -0.2) is 17.4 Å². The van der Waals surface area contributed by atoms with Gasteiger partial charge in [0.05, 0.1) is 5.56 Å². The van der Waals surface area contributed by atoms with Crippen LogP contribution in [0.25, 0.3) is 0 Å². The molecule has 1 aromatic carbocycles. The second-order valence-corrected chi connectivity index (χ2v) is 6.06. The number of alkyl halides is 3. The van der Waals surface area contributed by atoms with E-state index < -0.39 is 11.7 Å². The average molecular weight is 343 g/mol. The molecule has 0 spiro atoms. The zero-order chi connectivity index (χ0) is 16.9. The highest BCUT2D eigenvalue weighted by atomic mass is 32.1. The van der Waals surface area contributed by atoms with E-state index in [1.54, 1.807) is 12.3 Å². The number of nitrogens with zero attached hydrogens (tertiary/aromatic N) is 1. The molecule has 0 aliphatic heterocycles. The fraction of sp³-hybridized carbons (Fsp3) is 0.333. The molecule has 0 fully saturated rings. The number of anilines is 1. The normalized spacial score (nSPS) is 11.5. The van der Waals surface area contributed by atoms with Gasteiger partial charge in [-0.3, -0.25) is 4.79 Å². The highest BCUT2D eigenvalue weighted by molar-refractivity contribution is 7.15. The highest BCUT2D eigenvalue weighted by Gasteiger charge is 2.30. The van der Waals surface area contributed by atoms with Crippen molar-refractivity contribution in [3.63, 3.8) is 0 Å². The minimum Gasteiger partial charge on any atom is -0.330 e. The molecule has 2 rings (SSSR count). The van der Waals surface area contributed by atoms with E-state index in [1.165, 1.54) is 17.4 Å². The number of thiazole rings is 1. The maximum Gasteiger partial charge on any atom is 0.416 e. The van der Waals surface area contributed by atoms with Gasteiger partial charge in [-0.15, -0.1) is 11.3 Å². The summed E-state index contributed by atoms with van der Waals surface area (Å²) in [5, 5.41) is 3.09. The summed E-state index contributed by atoms with van der Waals surface area (Å²) in [6.45, 7) is 0.437. The molecule has 0 radical (unpaired) electrons. The van der Waals surface area contributed by atoms with Crippen LogP contribution in [0.15, 0.2) is 30.5 Å². The Labute approximate surface area is 135 Å². The average Bonchev–Trinajstić information content (AvgIpc) is 2.91. The first-order valence-electron chi connectivity index (χ1n) is 6.99. The second kappa shape index (κ2) is 7.56. The van der Waals surface area contributed by atoms with Crippen molar-refractivity contribution in [2.45, 2.75) is 25.4 Å². The summed E-state index contributed by atoms with van der Waals surface area (Å²) < 4.78 is 38.1. The second-order valence-electron chi connectivity index (χ2n) is 4.95. The van der Waals surface area contributed by atoms with Gasteiger partial charge in [-0.25, -0.2) is 4.98 Å². The van der Waals surface area contributed by atoms with Crippen LogP contribution < -0.4 is 11.1 Å². The highest BCUT2D eigenvalue weighted by Crippen LogP contribution is 2.30. The molecule has 3 N–H and O–H groups in total. The molecule has 0 aliphatic rings. The standard InChI is InChI=1S/C15H16F3N3OS/c16-15(17,18)11-4-1-3-10(7-11)8-12-9-20-14(23-12)21-13(22)5-2-6-19/h1,3-4,7,9H,2,5-6,8,19H2,(H,20,21,22). The first kappa shape index (κ1) is 17.4. The lowest BCUT2D eigenvalue weighted by Gasteiger charge is -2.07. The van der Waals surface area contributed by atoms with E-state index in [-0.39, 0.29) is 5.91 Å². The van der Waals surface area contributed by atoms with Crippen molar-refractivity contribution in [2.24, 2.45) is 5.73 Å². The number of amides is 1. The fourth-order valence-electron chi connectivity index (χ4n) is 1.95. The van der Waals surface area contributed by atoms with Crippen molar-refractivity contribution < 1.29 is 18.0 Å². The predicted octanol–water partition coefficient (Wildman–Crippen LogP) is 3.43. The summed E-state index contributed by atoms with van der Waals surface area (Å²) in [5.74, 6) is -0.171. The Morgan fingerprint density at radius 3 is 2.83 bits per heavy atom. The van der Waals surface area contributed by atoms with Gasteiger partial charge in [0, 0.05) is 23.9 Å². The third-order valence-electron chi connectivity index (χ3n) is 3.04. The Morgan fingerprint density at radius 1 is 1.35 bits per heavy atom. The number of carbonyl (C=O) groups excluding carboxylic acids is 1. The van der Waals surface area contributed by atoms with Crippen LogP contribution in [0.1, 0.15) is 28.8 Å². The molecule has 1 aromatic heterocycles. The maximum atomic E-state index is 12.7. The Kier molecular flexibility index (Phi) is 5.73. The van der Waals surface area contributed by atoms with Crippen molar-refractivity contribution >= 4 is 22.4 Å². The van der Waals surface area contributed by atoms with Gasteiger partial charge in [0.25, 0.3) is 0 Å². The summed E-state index contributed by atoms with van der Waals surface area (Å²) in [6, 6.07) is 5.18. The largest absolute Gasteiger partial charge is 0.416 e. The Morgan fingerprint density at radius 2 is 2.13 bits per heavy atom. The van der Waals surface area contributed by atoms with Crippen LogP contribution in [0.2, 0.25) is 0 Å². The zero-order valence-electron chi connectivity index (χ0n) is 12.2. The molecule has 1 heterocycles. The number of aromatic nitrogens is 1. The predicted molar refractivity (Wildman–Crippen MR) is 83.3 cm³/mol. The zero-order valence-corrected chi connectivity index (χ0v) is 13.0. The number of benzene rings is 1. The van der Waals surface area contributed by atoms with E-state index in [9.17, 15) is 18.0 Å². The maximum absolute atomic E-state index is 12.7. The van der Waals surface area contributed by atoms with Crippen LogP contribution >= 0.6 is 11.3 Å². The molecule has 23 heavy (non-hydrogen) atoms. The third-order valence-corrected chi connectivity index (χ3v) is 3.95. The van der Waals surface area contributed by atoms with Crippen LogP contribution in [0.5, 0.6) is 0 Å². The number of hydrogen-bond acceptors (Lipinski definition) is 4. The quantitative estimate of drug-likeness (QED) is 0.844. The SMILES string of the molecule is NCCCC(=O)Nc1ncc(Cc2cccc(C(F)(F)F)c2)s1. The van der Waals surface area contributed by atoms with Gasteiger partial charge >= 0.3 is 6.18 Å². The molecule has 8 heteroatoms. The van der Waals surface area contributed by atoms with E-state index in [0.29, 0.717) is 36.5 Å². The molecule has 0 unspecified atom stereocenters. The minimum absolute atomic E-state index is 0.171. The third kappa shape index (κ3) is 5.33. The molecular weight excluding hydrogens is 327 g/mol. The topological polar surface area (TPSA) is 68.0 Å². The molecule has 0 atom stereocenters. The van der Waals surface area contributed by atoms with Crippen LogP contribution in [-0.2, 0) is 17.4 Å². The molecule has 0 saturated heterocycles. The molecule has 124 valence electrons. The number of carbonyl (C=O) groups is 1. The van der Waals surface area contributed by atoms with Gasteiger partial charge in [0.15, 0.2) is 5.13 Å². The van der Waals surface area contributed by atoms with Crippen molar-refractivity contribution in [1.29, 1.82) is 0 Å². The summed E-state index contributed by atoms with van der Waals surface area (Å²) >= 11 is 1.25. The van der Waals surface area contributed by atoms with Crippen molar-refractivity contribution in [1.82, 2.24) is 4.98 Å². The lowest BCUT2D eigenvalue weighted by molar-refractivity contribution is -0.137. The minimum atomic E-state index is -4.36. The molecule has 0 saturated carbocycles. The number of rotatable bonds is 6. The Hall–Kier alpha value is -1.93. The van der Waals surface area contributed by atoms with Gasteiger partial charge < -0.3 is 11.1 Å². The van der Waals surface area contributed by atoms with E-state index in [2.05, 4.69) is 10.3 Å². The Bertz CT molecular complexity index is 670. The monoisotopic (exact) mass is 343 g/mol. The lowest BCUT2D eigenvalue weighted by atomic mass is 10.1. The van der Waals surface area contributed by atoms with Crippen LogP contribution in [0.4, 0.5) is 18.3 Å². The summed E-state index contributed by atoms with van der Waals surface area (Å²) in [4.78, 5) is 16.4. The van der Waals surface area contributed by atoms with Crippen LogP contribution in [0, 0.1) is 0 Å². The number of nitrogens with one attached hydrogen (secondary N) is 1. The molecule has 0 aliphatic carbocycles. The van der Waals surface area contributed by atoms with E-state index in [0.717, 1.165) is 17.0 Å². The fourth-order valence-corrected chi connectivity index (χ4v) is 2.81. The number of hydrogen-bond donors (Lipinski definition) is 2. The van der Waals surface area contributed by atoms with Crippen LogP contribution in [0.3, 0.4) is 0 Å². The Balaban J connectivity index is 2.00. The van der Waals surface area contributed by atoms with Gasteiger partial charge in [-0.2, -0.15) is 13.2 Å². The van der Waals surface area contributed by atoms with Crippen molar-refractivity contribution in [2.75, 3.05) is 11.9 Å². The molecular formula is C15H16F3N3OS. The van der Waals surface area contributed by atoms with Gasteiger partial charge in [-0.1, -0.05) is 18.2 Å². The molecule has 0 bridgehead atoms. The smallest absolute Gasteiger partial charge is 0.330 e. The van der Waals surface area contributed by atoms with Gasteiger partial charge in [-0.05, 0) is 24.6 Å². The summed E-state index contributed by atoms with van der Waals surface area (Å²) in [7, 11) is 0. The van der Waals surface area contributed by atoms with E-state index in [4.69, 9.17) is 5.73 Å². The van der Waals surface area contributed by atoms with E-state index in [1.807, 2.05) is 0 Å². The van der Waals surface area contributed by atoms with Gasteiger partial charge in [0.2, 0.25) is 5.91 Å². The van der Waals surface area contributed by atoms with Gasteiger partial charge in [0.1, 0.15) is 0 Å². The summed E-state index contributed by atoms with van der Waals surface area (Å²) in [5.41, 5.74) is 5.20. The lowest BCUT2D eigenvalue weighted by Crippen LogP contribution is -2.13. The number of nitrogens with two attached hydrogens (primary N) is 1.